The zero-order valence-electron chi connectivity index (χ0n) is 17.8. The van der Waals surface area contributed by atoms with Gasteiger partial charge in [0.05, 0.1) is 12.7 Å². The summed E-state index contributed by atoms with van der Waals surface area (Å²) in [6.07, 6.45) is 0.902. The predicted molar refractivity (Wildman–Crippen MR) is 116 cm³/mol. The zero-order chi connectivity index (χ0) is 22.6. The van der Waals surface area contributed by atoms with Crippen LogP contribution >= 0.6 is 0 Å². The number of amides is 1. The van der Waals surface area contributed by atoms with E-state index in [0.717, 1.165) is 18.4 Å². The summed E-state index contributed by atoms with van der Waals surface area (Å²) in [5.74, 6) is -0.958. The molecule has 1 N–H and O–H groups in total. The molecular formula is C22H26N2O6S. The third-order valence-corrected chi connectivity index (χ3v) is 6.44. The number of sulfonamides is 1. The number of anilines is 1. The lowest BCUT2D eigenvalue weighted by Gasteiger charge is -2.20. The molecule has 1 atom stereocenters. The Kier molecular flexibility index (Phi) is 6.84. The number of rotatable bonds is 7. The summed E-state index contributed by atoms with van der Waals surface area (Å²) in [5, 5.41) is 0. The average molecular weight is 447 g/mol. The summed E-state index contributed by atoms with van der Waals surface area (Å²) < 4.78 is 38.8. The summed E-state index contributed by atoms with van der Waals surface area (Å²) in [5.41, 5.74) is 1.37. The number of carbonyl (C=O) groups excluding carboxylic acids is 2. The van der Waals surface area contributed by atoms with Crippen molar-refractivity contribution in [3.63, 3.8) is 0 Å². The quantitative estimate of drug-likeness (QED) is 0.656. The number of ether oxygens (including phenoxy) is 2. The Morgan fingerprint density at radius 1 is 1.06 bits per heavy atom. The van der Waals surface area contributed by atoms with Crippen LogP contribution in [0.15, 0.2) is 47.4 Å². The van der Waals surface area contributed by atoms with Gasteiger partial charge >= 0.3 is 5.97 Å². The molecule has 0 radical (unpaired) electrons. The summed E-state index contributed by atoms with van der Waals surface area (Å²) >= 11 is 0. The van der Waals surface area contributed by atoms with Crippen LogP contribution in [-0.2, 0) is 19.6 Å². The highest BCUT2D eigenvalue weighted by Crippen LogP contribution is 2.27. The minimum atomic E-state index is -4.04. The van der Waals surface area contributed by atoms with Gasteiger partial charge in [0.1, 0.15) is 10.6 Å². The first-order chi connectivity index (χ1) is 14.7. The molecule has 1 fully saturated rings. The van der Waals surface area contributed by atoms with Crippen molar-refractivity contribution in [1.82, 2.24) is 4.90 Å². The summed E-state index contributed by atoms with van der Waals surface area (Å²) in [7, 11) is -2.70. The van der Waals surface area contributed by atoms with Crippen LogP contribution in [0.4, 0.5) is 5.69 Å². The first-order valence-electron chi connectivity index (χ1n) is 9.98. The van der Waals surface area contributed by atoms with Crippen LogP contribution in [0.5, 0.6) is 5.75 Å². The number of esters is 1. The number of aryl methyl sites for hydroxylation is 1. The highest BCUT2D eigenvalue weighted by Gasteiger charge is 2.28. The Hall–Kier alpha value is -3.07. The van der Waals surface area contributed by atoms with Crippen LogP contribution < -0.4 is 9.46 Å². The monoisotopic (exact) mass is 446 g/mol. The molecule has 0 aromatic heterocycles. The van der Waals surface area contributed by atoms with Gasteiger partial charge in [0.15, 0.2) is 6.10 Å². The van der Waals surface area contributed by atoms with Crippen molar-refractivity contribution >= 4 is 27.6 Å². The van der Waals surface area contributed by atoms with Crippen molar-refractivity contribution in [1.29, 1.82) is 0 Å². The van der Waals surface area contributed by atoms with Gasteiger partial charge < -0.3 is 14.4 Å². The smallest absolute Gasteiger partial charge is 0.338 e. The minimum absolute atomic E-state index is 0.00570. The van der Waals surface area contributed by atoms with E-state index in [-0.39, 0.29) is 22.1 Å². The van der Waals surface area contributed by atoms with Gasteiger partial charge in [0, 0.05) is 18.8 Å². The molecule has 0 spiro atoms. The second kappa shape index (κ2) is 9.38. The topological polar surface area (TPSA) is 102 Å². The van der Waals surface area contributed by atoms with Crippen LogP contribution in [0.1, 0.15) is 35.7 Å². The molecule has 1 aliphatic heterocycles. The zero-order valence-corrected chi connectivity index (χ0v) is 18.6. The fraction of sp³-hybridized carbons (Fsp3) is 0.364. The molecule has 1 unspecified atom stereocenters. The molecular weight excluding hydrogens is 420 g/mol. The molecule has 1 saturated heterocycles. The Labute approximate surface area is 182 Å². The highest BCUT2D eigenvalue weighted by atomic mass is 32.2. The molecule has 0 saturated carbocycles. The lowest BCUT2D eigenvalue weighted by Crippen LogP contribution is -2.38. The van der Waals surface area contributed by atoms with Gasteiger partial charge in [-0.2, -0.15) is 0 Å². The standard InChI is InChI=1S/C22H26N2O6S/c1-15-6-9-18(10-7-15)23-31(27,28)20-14-17(8-11-19(20)29-3)22(26)30-16(2)21(25)24-12-4-5-13-24/h6-11,14,16,23H,4-5,12-13H2,1-3H3. The first kappa shape index (κ1) is 22.6. The maximum Gasteiger partial charge on any atom is 0.338 e. The van der Waals surface area contributed by atoms with E-state index in [2.05, 4.69) is 4.72 Å². The molecule has 166 valence electrons. The van der Waals surface area contributed by atoms with E-state index >= 15 is 0 Å². The Morgan fingerprint density at radius 2 is 1.71 bits per heavy atom. The Bertz CT molecular complexity index is 1060. The molecule has 1 aliphatic rings. The summed E-state index contributed by atoms with van der Waals surface area (Å²) in [6, 6.07) is 10.8. The van der Waals surface area contributed by atoms with E-state index in [1.54, 1.807) is 29.2 Å². The lowest BCUT2D eigenvalue weighted by atomic mass is 10.2. The van der Waals surface area contributed by atoms with Gasteiger partial charge in [-0.15, -0.1) is 0 Å². The van der Waals surface area contributed by atoms with Crippen molar-refractivity contribution in [3.8, 4) is 5.75 Å². The normalized spacial score (nSPS) is 14.7. The Balaban J connectivity index is 1.81. The van der Waals surface area contributed by atoms with Crippen molar-refractivity contribution in [2.75, 3.05) is 24.9 Å². The number of hydrogen-bond acceptors (Lipinski definition) is 6. The van der Waals surface area contributed by atoms with Gasteiger partial charge in [-0.25, -0.2) is 13.2 Å². The van der Waals surface area contributed by atoms with Crippen LogP contribution in [0, 0.1) is 6.92 Å². The number of hydrogen-bond donors (Lipinski definition) is 1. The third kappa shape index (κ3) is 5.35. The number of nitrogens with one attached hydrogen (secondary N) is 1. The molecule has 0 bridgehead atoms. The van der Waals surface area contributed by atoms with Crippen molar-refractivity contribution < 1.29 is 27.5 Å². The molecule has 1 heterocycles. The largest absolute Gasteiger partial charge is 0.495 e. The van der Waals surface area contributed by atoms with E-state index in [9.17, 15) is 18.0 Å². The molecule has 8 nitrogen and oxygen atoms in total. The predicted octanol–water partition coefficient (Wildman–Crippen LogP) is 2.97. The Morgan fingerprint density at radius 3 is 2.32 bits per heavy atom. The number of methoxy groups -OCH3 is 1. The molecule has 3 rings (SSSR count). The van der Waals surface area contributed by atoms with Gasteiger partial charge in [0.25, 0.3) is 15.9 Å². The molecule has 31 heavy (non-hydrogen) atoms. The van der Waals surface area contributed by atoms with Crippen molar-refractivity contribution in [2.24, 2.45) is 0 Å². The highest BCUT2D eigenvalue weighted by molar-refractivity contribution is 7.92. The summed E-state index contributed by atoms with van der Waals surface area (Å²) in [4.78, 5) is 26.4. The van der Waals surface area contributed by atoms with Crippen LogP contribution in [0.2, 0.25) is 0 Å². The second-order valence-electron chi connectivity index (χ2n) is 7.42. The van der Waals surface area contributed by atoms with Gasteiger partial charge in [-0.1, -0.05) is 17.7 Å². The SMILES string of the molecule is COc1ccc(C(=O)OC(C)C(=O)N2CCCC2)cc1S(=O)(=O)Nc1ccc(C)cc1. The fourth-order valence-corrected chi connectivity index (χ4v) is 4.57. The lowest BCUT2D eigenvalue weighted by molar-refractivity contribution is -0.138. The van der Waals surface area contributed by atoms with Crippen LogP contribution in [0.25, 0.3) is 0 Å². The minimum Gasteiger partial charge on any atom is -0.495 e. The van der Waals surface area contributed by atoms with Crippen molar-refractivity contribution in [2.45, 2.75) is 37.7 Å². The number of carbonyl (C=O) groups is 2. The van der Waals surface area contributed by atoms with E-state index < -0.39 is 22.1 Å². The number of benzene rings is 2. The number of nitrogens with zero attached hydrogens (tertiary/aromatic N) is 1. The number of likely N-dealkylation sites (tertiary alicyclic amines) is 1. The fourth-order valence-electron chi connectivity index (χ4n) is 3.32. The van der Waals surface area contributed by atoms with E-state index in [0.29, 0.717) is 18.8 Å². The van der Waals surface area contributed by atoms with Crippen LogP contribution in [-0.4, -0.2) is 51.5 Å². The van der Waals surface area contributed by atoms with E-state index in [1.807, 2.05) is 6.92 Å². The molecule has 9 heteroatoms. The molecule has 2 aromatic rings. The first-order valence-corrected chi connectivity index (χ1v) is 11.5. The van der Waals surface area contributed by atoms with Crippen LogP contribution in [0.3, 0.4) is 0 Å². The van der Waals surface area contributed by atoms with Gasteiger partial charge in [-0.3, -0.25) is 9.52 Å². The van der Waals surface area contributed by atoms with Crippen molar-refractivity contribution in [3.05, 3.63) is 53.6 Å². The van der Waals surface area contributed by atoms with Gasteiger partial charge in [-0.05, 0) is 57.0 Å². The maximum atomic E-state index is 12.9. The third-order valence-electron chi connectivity index (χ3n) is 5.04. The molecule has 1 amide bonds. The second-order valence-corrected chi connectivity index (χ2v) is 9.07. The van der Waals surface area contributed by atoms with E-state index in [1.165, 1.54) is 32.2 Å². The average Bonchev–Trinajstić information content (AvgIpc) is 3.29. The van der Waals surface area contributed by atoms with Gasteiger partial charge in [0.2, 0.25) is 0 Å². The van der Waals surface area contributed by atoms with E-state index in [4.69, 9.17) is 9.47 Å². The molecule has 0 aliphatic carbocycles. The molecule has 2 aromatic carbocycles. The maximum absolute atomic E-state index is 12.9. The summed E-state index contributed by atoms with van der Waals surface area (Å²) in [6.45, 7) is 4.71.